The van der Waals surface area contributed by atoms with Crippen molar-refractivity contribution in [3.05, 3.63) is 23.8 Å². The molecule has 2 amide bonds. The van der Waals surface area contributed by atoms with Gasteiger partial charge in [-0.1, -0.05) is 6.07 Å². The summed E-state index contributed by atoms with van der Waals surface area (Å²) in [7, 11) is 0. The quantitative estimate of drug-likeness (QED) is 0.746. The minimum absolute atomic E-state index is 0.204. The van der Waals surface area contributed by atoms with Crippen molar-refractivity contribution in [3.8, 4) is 5.75 Å². The van der Waals surface area contributed by atoms with Crippen LogP contribution in [0, 0.1) is 0 Å². The predicted molar refractivity (Wildman–Crippen MR) is 67.4 cm³/mol. The van der Waals surface area contributed by atoms with Crippen molar-refractivity contribution in [2.45, 2.75) is 13.1 Å². The van der Waals surface area contributed by atoms with E-state index < -0.39 is 36.0 Å². The zero-order valence-corrected chi connectivity index (χ0v) is 10.9. The molecular weight excluding hydrogens is 293 g/mol. The second-order valence-electron chi connectivity index (χ2n) is 4.07. The zero-order valence-electron chi connectivity index (χ0n) is 10.9. The first-order valence-electron chi connectivity index (χ1n) is 5.83. The number of hydrogen-bond donors (Lipinski definition) is 3. The molecule has 0 radical (unpaired) electrons. The molecule has 0 unspecified atom stereocenters. The minimum Gasteiger partial charge on any atom is -0.505 e. The van der Waals surface area contributed by atoms with Crippen LogP contribution < -0.4 is 5.32 Å². The number of rotatable bonds is 4. The van der Waals surface area contributed by atoms with Gasteiger partial charge in [-0.15, -0.1) is 0 Å². The molecule has 0 aliphatic heterocycles. The Kier molecular flexibility index (Phi) is 5.01. The van der Waals surface area contributed by atoms with Crippen LogP contribution in [0.15, 0.2) is 18.2 Å². The number of halogens is 3. The molecule has 1 aromatic rings. The van der Waals surface area contributed by atoms with E-state index in [4.69, 9.17) is 5.11 Å². The van der Waals surface area contributed by atoms with Crippen LogP contribution in [0.5, 0.6) is 5.75 Å². The summed E-state index contributed by atoms with van der Waals surface area (Å²) in [6, 6.07) is 2.44. The summed E-state index contributed by atoms with van der Waals surface area (Å²) < 4.78 is 36.9. The van der Waals surface area contributed by atoms with Crippen molar-refractivity contribution in [2.24, 2.45) is 0 Å². The van der Waals surface area contributed by atoms with Crippen LogP contribution in [0.3, 0.4) is 0 Å². The maximum absolute atomic E-state index is 12.3. The summed E-state index contributed by atoms with van der Waals surface area (Å²) in [5.41, 5.74) is -0.743. The van der Waals surface area contributed by atoms with E-state index in [2.05, 4.69) is 5.32 Å². The molecule has 9 heteroatoms. The number of aromatic carboxylic acids is 1. The highest BCUT2D eigenvalue weighted by Crippen LogP contribution is 2.28. The number of alkyl halides is 3. The van der Waals surface area contributed by atoms with E-state index in [0.717, 1.165) is 6.07 Å². The third-order valence-corrected chi connectivity index (χ3v) is 2.55. The lowest BCUT2D eigenvalue weighted by atomic mass is 10.1. The molecule has 1 rings (SSSR count). The Morgan fingerprint density at radius 2 is 1.95 bits per heavy atom. The lowest BCUT2D eigenvalue weighted by Crippen LogP contribution is -2.41. The van der Waals surface area contributed by atoms with Gasteiger partial charge in [-0.2, -0.15) is 13.2 Å². The predicted octanol–water partition coefficient (Wildman–Crippen LogP) is 2.51. The van der Waals surface area contributed by atoms with E-state index in [9.17, 15) is 27.9 Å². The van der Waals surface area contributed by atoms with Crippen molar-refractivity contribution >= 4 is 17.7 Å². The molecule has 1 aromatic carbocycles. The molecule has 0 spiro atoms. The van der Waals surface area contributed by atoms with Crippen LogP contribution in [0.4, 0.5) is 23.7 Å². The van der Waals surface area contributed by atoms with Crippen LogP contribution >= 0.6 is 0 Å². The normalized spacial score (nSPS) is 11.0. The number of nitrogens with zero attached hydrogens (tertiary/aromatic N) is 1. The number of amides is 2. The minimum atomic E-state index is -4.56. The topological polar surface area (TPSA) is 89.9 Å². The number of nitrogens with one attached hydrogen (secondary N) is 1. The van der Waals surface area contributed by atoms with Gasteiger partial charge in [-0.05, 0) is 19.1 Å². The molecule has 0 bridgehead atoms. The number of carbonyl (C=O) groups excluding carboxylic acids is 1. The average molecular weight is 306 g/mol. The Labute approximate surface area is 117 Å². The first-order chi connectivity index (χ1) is 9.65. The van der Waals surface area contributed by atoms with Gasteiger partial charge in [-0.3, -0.25) is 0 Å². The summed E-state index contributed by atoms with van der Waals surface area (Å²) in [5.74, 6) is -2.15. The molecule has 116 valence electrons. The summed E-state index contributed by atoms with van der Waals surface area (Å²) in [6.07, 6.45) is -4.56. The molecule has 0 fully saturated rings. The summed E-state index contributed by atoms with van der Waals surface area (Å²) in [4.78, 5) is 23.0. The number of hydrogen-bond acceptors (Lipinski definition) is 3. The second kappa shape index (κ2) is 6.33. The molecular formula is C12H13F3N2O4. The molecule has 6 nitrogen and oxygen atoms in total. The maximum Gasteiger partial charge on any atom is 0.406 e. The lowest BCUT2D eigenvalue weighted by molar-refractivity contribution is -0.139. The highest BCUT2D eigenvalue weighted by atomic mass is 19.4. The third kappa shape index (κ3) is 4.55. The molecule has 0 heterocycles. The van der Waals surface area contributed by atoms with Gasteiger partial charge < -0.3 is 20.4 Å². The average Bonchev–Trinajstić information content (AvgIpc) is 2.36. The van der Waals surface area contributed by atoms with Crippen molar-refractivity contribution in [1.82, 2.24) is 4.90 Å². The number of carboxylic acid groups (broad SMARTS) is 1. The van der Waals surface area contributed by atoms with E-state index in [0.29, 0.717) is 4.90 Å². The zero-order chi connectivity index (χ0) is 16.2. The Hall–Kier alpha value is -2.45. The number of aromatic hydroxyl groups is 1. The second-order valence-corrected chi connectivity index (χ2v) is 4.07. The molecule has 0 aliphatic carbocycles. The van der Waals surface area contributed by atoms with E-state index in [1.807, 2.05) is 0 Å². The van der Waals surface area contributed by atoms with Crippen LogP contribution in [0.2, 0.25) is 0 Å². The van der Waals surface area contributed by atoms with Crippen molar-refractivity contribution in [3.63, 3.8) is 0 Å². The fourth-order valence-corrected chi connectivity index (χ4v) is 1.55. The summed E-state index contributed by atoms with van der Waals surface area (Å²) in [5, 5.41) is 20.5. The van der Waals surface area contributed by atoms with Gasteiger partial charge in [0.2, 0.25) is 0 Å². The van der Waals surface area contributed by atoms with Crippen LogP contribution in [-0.2, 0) is 0 Å². The molecule has 0 atom stereocenters. The number of carbonyl (C=O) groups is 2. The Balaban J connectivity index is 2.92. The van der Waals surface area contributed by atoms with Gasteiger partial charge in [0.25, 0.3) is 0 Å². The van der Waals surface area contributed by atoms with E-state index >= 15 is 0 Å². The van der Waals surface area contributed by atoms with Gasteiger partial charge in [0.05, 0.1) is 5.69 Å². The van der Waals surface area contributed by atoms with Gasteiger partial charge in [0.1, 0.15) is 12.1 Å². The van der Waals surface area contributed by atoms with Crippen LogP contribution in [-0.4, -0.2) is 46.4 Å². The lowest BCUT2D eigenvalue weighted by Gasteiger charge is -2.23. The Bertz CT molecular complexity index is 546. The molecule has 0 saturated heterocycles. The van der Waals surface area contributed by atoms with Gasteiger partial charge in [-0.25, -0.2) is 9.59 Å². The van der Waals surface area contributed by atoms with Crippen LogP contribution in [0.25, 0.3) is 0 Å². The smallest absolute Gasteiger partial charge is 0.406 e. The van der Waals surface area contributed by atoms with Crippen molar-refractivity contribution in [1.29, 1.82) is 0 Å². The van der Waals surface area contributed by atoms with Gasteiger partial charge >= 0.3 is 18.2 Å². The SMILES string of the molecule is CCN(CC(F)(F)F)C(=O)Nc1cccc(C(=O)O)c1O. The summed E-state index contributed by atoms with van der Waals surface area (Å²) in [6.45, 7) is -0.293. The van der Waals surface area contributed by atoms with Crippen molar-refractivity contribution < 1.29 is 33.0 Å². The largest absolute Gasteiger partial charge is 0.505 e. The maximum atomic E-state index is 12.3. The van der Waals surface area contributed by atoms with E-state index in [1.165, 1.54) is 19.1 Å². The van der Waals surface area contributed by atoms with Gasteiger partial charge in [0.15, 0.2) is 5.75 Å². The number of carboxylic acids is 1. The number of urea groups is 1. The Morgan fingerprint density at radius 1 is 1.33 bits per heavy atom. The van der Waals surface area contributed by atoms with Gasteiger partial charge in [0, 0.05) is 6.54 Å². The fraction of sp³-hybridized carbons (Fsp3) is 0.333. The summed E-state index contributed by atoms with van der Waals surface area (Å²) >= 11 is 0. The van der Waals surface area contributed by atoms with E-state index in [1.54, 1.807) is 0 Å². The number of anilines is 1. The molecule has 21 heavy (non-hydrogen) atoms. The van der Waals surface area contributed by atoms with Crippen LogP contribution in [0.1, 0.15) is 17.3 Å². The third-order valence-electron chi connectivity index (χ3n) is 2.55. The molecule has 0 aromatic heterocycles. The first kappa shape index (κ1) is 16.6. The highest BCUT2D eigenvalue weighted by Gasteiger charge is 2.32. The monoisotopic (exact) mass is 306 g/mol. The number of para-hydroxylation sites is 1. The fourth-order valence-electron chi connectivity index (χ4n) is 1.55. The Morgan fingerprint density at radius 3 is 2.43 bits per heavy atom. The molecule has 0 aliphatic rings. The van der Waals surface area contributed by atoms with Crippen molar-refractivity contribution in [2.75, 3.05) is 18.4 Å². The van der Waals surface area contributed by atoms with E-state index in [-0.39, 0.29) is 12.2 Å². The number of benzene rings is 1. The molecule has 3 N–H and O–H groups in total. The first-order valence-corrected chi connectivity index (χ1v) is 5.83. The number of phenols is 1. The standard InChI is InChI=1S/C12H13F3N2O4/c1-2-17(6-12(13,14)15)11(21)16-8-5-3-4-7(9(8)18)10(19)20/h3-5,18H,2,6H2,1H3,(H,16,21)(H,19,20). The molecule has 0 saturated carbocycles. The highest BCUT2D eigenvalue weighted by molar-refractivity contribution is 5.97.